The Bertz CT molecular complexity index is 393. The Labute approximate surface area is 134 Å². The van der Waals surface area contributed by atoms with Gasteiger partial charge in [-0.05, 0) is 38.5 Å². The third-order valence-electron chi connectivity index (χ3n) is 4.47. The van der Waals surface area contributed by atoms with Crippen LogP contribution in [0, 0.1) is 5.92 Å². The van der Waals surface area contributed by atoms with Crippen molar-refractivity contribution < 1.29 is 13.2 Å². The van der Waals surface area contributed by atoms with E-state index in [1.54, 1.807) is 0 Å². The highest BCUT2D eigenvalue weighted by atomic mass is 31.2. The molecule has 0 bridgehead atoms. The lowest BCUT2D eigenvalue weighted by Crippen LogP contribution is -2.26. The zero-order valence-corrected chi connectivity index (χ0v) is 16.7. The van der Waals surface area contributed by atoms with Crippen LogP contribution in [0.1, 0.15) is 65.7 Å². The van der Waals surface area contributed by atoms with Crippen LogP contribution in [0.4, 0.5) is 0 Å². The Kier molecular flexibility index (Phi) is 8.54. The van der Waals surface area contributed by atoms with Crippen LogP contribution in [-0.4, -0.2) is 17.4 Å². The monoisotopic (exact) mass is 353 g/mol. The van der Waals surface area contributed by atoms with Gasteiger partial charge in [0.25, 0.3) is 0 Å². The van der Waals surface area contributed by atoms with Gasteiger partial charge in [-0.25, -0.2) is 0 Å². The molecule has 0 N–H and O–H groups in total. The summed E-state index contributed by atoms with van der Waals surface area (Å²) >= 11 is 0. The molecule has 0 fully saturated rings. The van der Waals surface area contributed by atoms with Gasteiger partial charge in [-0.3, -0.25) is 18.2 Å². The second-order valence-corrected chi connectivity index (χ2v) is 10.2. The minimum absolute atomic E-state index is 0.480. The van der Waals surface area contributed by atoms with Crippen molar-refractivity contribution in [2.75, 3.05) is 6.54 Å². The molecule has 1 aliphatic heterocycles. The molecule has 0 amide bonds. The number of rotatable bonds is 4. The van der Waals surface area contributed by atoms with Crippen LogP contribution in [0.2, 0.25) is 0 Å². The van der Waals surface area contributed by atoms with Crippen molar-refractivity contribution in [2.24, 2.45) is 10.9 Å². The SMILES string of the molecule is CC(C)/C1=N/CCC(C)(P(=O)(OP)OP)CCCCCC1. The zero-order valence-electron chi connectivity index (χ0n) is 13.5. The minimum Gasteiger partial charge on any atom is -0.294 e. The standard InChI is InChI=1S/C14H30NO3P3/c1-12(2)13-8-6-4-5-7-9-14(3,10-11-15-13)21(16,17-19)18-20/h12H,4-11,19-20H2,1-3H3/b15-13+. The van der Waals surface area contributed by atoms with Crippen LogP contribution in [0.15, 0.2) is 4.99 Å². The zero-order chi connectivity index (χ0) is 15.9. The highest BCUT2D eigenvalue weighted by Gasteiger charge is 2.45. The summed E-state index contributed by atoms with van der Waals surface area (Å²) in [5.74, 6) is 0.486. The highest BCUT2D eigenvalue weighted by Crippen LogP contribution is 2.65. The molecule has 3 atom stereocenters. The third kappa shape index (κ3) is 5.36. The van der Waals surface area contributed by atoms with E-state index in [1.165, 1.54) is 18.6 Å². The molecular weight excluding hydrogens is 323 g/mol. The Balaban J connectivity index is 2.94. The van der Waals surface area contributed by atoms with Crippen molar-refractivity contribution in [3.63, 3.8) is 0 Å². The first-order valence-corrected chi connectivity index (χ1v) is 10.3. The van der Waals surface area contributed by atoms with E-state index < -0.39 is 12.8 Å². The van der Waals surface area contributed by atoms with Gasteiger partial charge in [0.1, 0.15) is 0 Å². The Morgan fingerprint density at radius 2 is 1.76 bits per heavy atom. The van der Waals surface area contributed by atoms with E-state index in [-0.39, 0.29) is 0 Å². The summed E-state index contributed by atoms with van der Waals surface area (Å²) in [6.07, 6.45) is 7.28. The predicted octanol–water partition coefficient (Wildman–Crippen LogP) is 5.39. The summed E-state index contributed by atoms with van der Waals surface area (Å²) in [6.45, 7) is 7.08. The first-order valence-electron chi connectivity index (χ1n) is 7.79. The van der Waals surface area contributed by atoms with Crippen LogP contribution in [0.5, 0.6) is 0 Å². The largest absolute Gasteiger partial charge is 0.341 e. The summed E-state index contributed by atoms with van der Waals surface area (Å²) in [7, 11) is 1.06. The maximum atomic E-state index is 12.9. The lowest BCUT2D eigenvalue weighted by molar-refractivity contribution is 0.355. The molecule has 0 aromatic rings. The van der Waals surface area contributed by atoms with Crippen molar-refractivity contribution in [1.82, 2.24) is 0 Å². The van der Waals surface area contributed by atoms with Crippen LogP contribution in [0.3, 0.4) is 0 Å². The smallest absolute Gasteiger partial charge is 0.294 e. The van der Waals surface area contributed by atoms with Crippen molar-refractivity contribution in [2.45, 2.75) is 70.9 Å². The number of hydrogen-bond donors (Lipinski definition) is 0. The molecule has 0 aromatic heterocycles. The molecule has 0 saturated heterocycles. The Hall–Kier alpha value is 0.680. The van der Waals surface area contributed by atoms with Crippen LogP contribution >= 0.6 is 26.5 Å². The van der Waals surface area contributed by atoms with E-state index >= 15 is 0 Å². The van der Waals surface area contributed by atoms with E-state index in [9.17, 15) is 4.57 Å². The van der Waals surface area contributed by atoms with Crippen molar-refractivity contribution in [1.29, 1.82) is 0 Å². The van der Waals surface area contributed by atoms with E-state index in [2.05, 4.69) is 32.8 Å². The molecule has 0 saturated carbocycles. The van der Waals surface area contributed by atoms with Gasteiger partial charge in [0.15, 0.2) is 0 Å². The third-order valence-corrected chi connectivity index (χ3v) is 8.46. The highest BCUT2D eigenvalue weighted by molar-refractivity contribution is 7.62. The summed E-state index contributed by atoms with van der Waals surface area (Å²) in [4.78, 5) is 4.77. The molecule has 0 aliphatic carbocycles. The normalized spacial score (nSPS) is 28.8. The fourth-order valence-electron chi connectivity index (χ4n) is 2.83. The molecule has 1 aliphatic rings. The molecule has 0 spiro atoms. The van der Waals surface area contributed by atoms with Crippen LogP contribution < -0.4 is 0 Å². The van der Waals surface area contributed by atoms with Gasteiger partial charge in [0, 0.05) is 31.2 Å². The average Bonchev–Trinajstić information content (AvgIpc) is 2.51. The van der Waals surface area contributed by atoms with Crippen LogP contribution in [0.25, 0.3) is 0 Å². The molecule has 7 heteroatoms. The quantitative estimate of drug-likeness (QED) is 0.637. The molecule has 3 unspecified atom stereocenters. The van der Waals surface area contributed by atoms with Crippen molar-refractivity contribution in [3.05, 3.63) is 0 Å². The van der Waals surface area contributed by atoms with E-state index in [1.807, 2.05) is 6.92 Å². The first kappa shape index (κ1) is 19.7. The van der Waals surface area contributed by atoms with Gasteiger partial charge in [-0.2, -0.15) is 0 Å². The Morgan fingerprint density at radius 1 is 1.14 bits per heavy atom. The number of aliphatic imine (C=N–C) groups is 1. The Morgan fingerprint density at radius 3 is 2.33 bits per heavy atom. The van der Waals surface area contributed by atoms with Gasteiger partial charge >= 0.3 is 7.60 Å². The average molecular weight is 353 g/mol. The van der Waals surface area contributed by atoms with E-state index in [4.69, 9.17) is 13.6 Å². The molecule has 0 radical (unpaired) electrons. The maximum absolute atomic E-state index is 12.9. The van der Waals surface area contributed by atoms with Gasteiger partial charge in [-0.1, -0.05) is 33.1 Å². The predicted molar refractivity (Wildman–Crippen MR) is 97.1 cm³/mol. The topological polar surface area (TPSA) is 47.9 Å². The fraction of sp³-hybridized carbons (Fsp3) is 0.929. The molecule has 1 heterocycles. The number of nitrogens with zero attached hydrogens (tertiary/aromatic N) is 1. The van der Waals surface area contributed by atoms with Crippen molar-refractivity contribution in [3.8, 4) is 0 Å². The summed E-state index contributed by atoms with van der Waals surface area (Å²) < 4.78 is 23.2. The van der Waals surface area contributed by atoms with E-state index in [0.717, 1.165) is 32.1 Å². The van der Waals surface area contributed by atoms with Gasteiger partial charge in [-0.15, -0.1) is 0 Å². The molecular formula is C14H30NO3P3. The molecule has 124 valence electrons. The fourth-order valence-corrected chi connectivity index (χ4v) is 6.32. The molecule has 21 heavy (non-hydrogen) atoms. The maximum Gasteiger partial charge on any atom is 0.341 e. The lowest BCUT2D eigenvalue weighted by Gasteiger charge is -2.34. The second-order valence-electron chi connectivity index (χ2n) is 6.40. The second kappa shape index (κ2) is 9.09. The van der Waals surface area contributed by atoms with E-state index in [0.29, 0.717) is 12.5 Å². The lowest BCUT2D eigenvalue weighted by atomic mass is 9.98. The molecule has 0 aromatic carbocycles. The van der Waals surface area contributed by atoms with Gasteiger partial charge < -0.3 is 0 Å². The number of hydrogen-bond acceptors (Lipinski definition) is 4. The van der Waals surface area contributed by atoms with Crippen molar-refractivity contribution >= 4 is 32.2 Å². The summed E-state index contributed by atoms with van der Waals surface area (Å²) in [5.41, 5.74) is 1.28. The summed E-state index contributed by atoms with van der Waals surface area (Å²) in [6, 6.07) is 0. The molecule has 4 nitrogen and oxygen atoms in total. The van der Waals surface area contributed by atoms with Gasteiger partial charge in [0.2, 0.25) is 0 Å². The van der Waals surface area contributed by atoms with Gasteiger partial charge in [0.05, 0.1) is 5.16 Å². The minimum atomic E-state index is -3.15. The van der Waals surface area contributed by atoms with Crippen LogP contribution in [-0.2, 0) is 13.2 Å². The summed E-state index contributed by atoms with van der Waals surface area (Å²) in [5, 5.41) is -0.480. The molecule has 1 rings (SSSR count). The first-order chi connectivity index (χ1) is 9.88.